The van der Waals surface area contributed by atoms with Gasteiger partial charge in [0.1, 0.15) is 23.7 Å². The van der Waals surface area contributed by atoms with Crippen LogP contribution in [-0.2, 0) is 16.1 Å². The maximum Gasteiger partial charge on any atom is 0.573 e. The molecule has 5 aromatic carbocycles. The van der Waals surface area contributed by atoms with Gasteiger partial charge in [0.05, 0.1) is 39.9 Å². The van der Waals surface area contributed by atoms with Gasteiger partial charge in [0.2, 0.25) is 0 Å². The molecule has 0 saturated carbocycles. The Labute approximate surface area is 423 Å². The highest BCUT2D eigenvalue weighted by Crippen LogP contribution is 2.32. The molecule has 19 heteroatoms. The molecule has 0 bridgehead atoms. The van der Waals surface area contributed by atoms with Crippen LogP contribution in [0.2, 0.25) is 5.02 Å². The Balaban J connectivity index is 0.000000309. The normalized spacial score (nSPS) is 11.5. The van der Waals surface area contributed by atoms with E-state index in [0.29, 0.717) is 5.75 Å². The van der Waals surface area contributed by atoms with E-state index < -0.39 is 64.2 Å². The molecule has 2 N–H and O–H groups in total. The van der Waals surface area contributed by atoms with E-state index in [2.05, 4.69) is 31.5 Å². The largest absolute Gasteiger partial charge is 0.573 e. The van der Waals surface area contributed by atoms with Gasteiger partial charge < -0.3 is 18.9 Å². The number of benzene rings is 5. The van der Waals surface area contributed by atoms with Crippen LogP contribution in [0.3, 0.4) is 0 Å². The summed E-state index contributed by atoms with van der Waals surface area (Å²) < 4.78 is 58.8. The minimum absolute atomic E-state index is 0.0334. The average molecular weight is 1070 g/mol. The second-order valence-electron chi connectivity index (χ2n) is 18.9. The number of amides is 4. The van der Waals surface area contributed by atoms with Gasteiger partial charge in [-0.1, -0.05) is 90.8 Å². The Kier molecular flexibility index (Phi) is 19.0. The first kappa shape index (κ1) is 56.7. The van der Waals surface area contributed by atoms with E-state index >= 15 is 0 Å². The van der Waals surface area contributed by atoms with E-state index in [0.717, 1.165) is 27.2 Å². The predicted molar refractivity (Wildman–Crippen MR) is 264 cm³/mol. The molecule has 0 atom stereocenters. The quantitative estimate of drug-likeness (QED) is 0.0959. The molecule has 4 amide bonds. The maximum absolute atomic E-state index is 13.5. The van der Waals surface area contributed by atoms with Gasteiger partial charge in [0.15, 0.2) is 0 Å². The molecule has 0 aliphatic rings. The summed E-state index contributed by atoms with van der Waals surface area (Å²) in [5.41, 5.74) is 4.72. The molecule has 378 valence electrons. The van der Waals surface area contributed by atoms with Gasteiger partial charge in [-0.2, -0.15) is 0 Å². The minimum atomic E-state index is -5.00. The molecular formula is C52H55BrClF3N4O10. The van der Waals surface area contributed by atoms with Crippen molar-refractivity contribution >= 4 is 63.1 Å². The first-order valence-electron chi connectivity index (χ1n) is 21.8. The number of rotatable bonds is 11. The highest BCUT2D eigenvalue weighted by atomic mass is 79.9. The number of hydrogen-bond acceptors (Lipinski definition) is 10. The SMILES string of the molecule is CC(C)(C)CN(NC(=O)c1ccc(C(=O)OC(C)(C)C)cc1)C(=O)c1ccc(Cl)c(OC(F)(F)F)c1.COc1cc(Br)ccc1C(=O)N(NC(=O)c1ccccc1C(=O)OCc1ccccc1)C(C)(C)C. The Morgan fingerprint density at radius 3 is 1.76 bits per heavy atom. The summed E-state index contributed by atoms with van der Waals surface area (Å²) in [4.78, 5) is 77.8. The van der Waals surface area contributed by atoms with Crippen LogP contribution in [0.1, 0.15) is 130 Å². The van der Waals surface area contributed by atoms with E-state index in [-0.39, 0.29) is 51.6 Å². The van der Waals surface area contributed by atoms with Gasteiger partial charge in [-0.25, -0.2) is 19.6 Å². The van der Waals surface area contributed by atoms with Crippen molar-refractivity contribution in [3.63, 3.8) is 0 Å². The lowest BCUT2D eigenvalue weighted by atomic mass is 9.96. The van der Waals surface area contributed by atoms with Crippen molar-refractivity contribution in [1.82, 2.24) is 20.9 Å². The number of carbonyl (C=O) groups is 6. The van der Waals surface area contributed by atoms with E-state index in [1.165, 1.54) is 54.6 Å². The van der Waals surface area contributed by atoms with E-state index in [1.807, 2.05) is 51.1 Å². The number of esters is 2. The van der Waals surface area contributed by atoms with Gasteiger partial charge in [-0.05, 0) is 125 Å². The first-order valence-corrected chi connectivity index (χ1v) is 22.9. The summed E-state index contributed by atoms with van der Waals surface area (Å²) in [5, 5.41) is 1.90. The number of ether oxygens (including phenoxy) is 4. The van der Waals surface area contributed by atoms with Crippen molar-refractivity contribution in [2.45, 2.75) is 86.4 Å². The number of nitrogens with zero attached hydrogens (tertiary/aromatic N) is 2. The minimum Gasteiger partial charge on any atom is -0.496 e. The highest BCUT2D eigenvalue weighted by molar-refractivity contribution is 9.10. The molecule has 0 fully saturated rings. The van der Waals surface area contributed by atoms with Crippen molar-refractivity contribution in [2.75, 3.05) is 13.7 Å². The third-order valence-corrected chi connectivity index (χ3v) is 10.2. The standard InChI is InChI=1S/C27H27BrN2O5.C25H28ClF3N2O5/c1-27(2,3)30(25(32)22-15-14-19(28)16-23(22)34-4)29-24(31)20-12-8-9-13-21(20)26(33)35-17-18-10-6-5-7-11-18;1-23(2,3)14-31(21(33)17-11-12-18(26)19(13-17)35-25(27,28)29)30-20(32)15-7-9-16(10-8-15)22(34)36-24(4,5)6/h5-16H,17H2,1-4H3,(H,29,31);7-13H,14H2,1-6H3,(H,30,32). The maximum atomic E-state index is 13.5. The first-order chi connectivity index (χ1) is 33.0. The molecular weight excluding hydrogens is 1010 g/mol. The van der Waals surface area contributed by atoms with Gasteiger partial charge >= 0.3 is 18.3 Å². The molecule has 71 heavy (non-hydrogen) atoms. The molecule has 0 aliphatic carbocycles. The number of alkyl halides is 3. The van der Waals surface area contributed by atoms with Gasteiger partial charge in [0, 0.05) is 22.1 Å². The van der Waals surface area contributed by atoms with Crippen molar-refractivity contribution in [1.29, 1.82) is 0 Å². The zero-order valence-electron chi connectivity index (χ0n) is 40.8. The van der Waals surface area contributed by atoms with E-state index in [9.17, 15) is 41.9 Å². The van der Waals surface area contributed by atoms with Gasteiger partial charge in [-0.15, -0.1) is 13.2 Å². The Hall–Kier alpha value is -6.92. The summed E-state index contributed by atoms with van der Waals surface area (Å²) >= 11 is 9.14. The zero-order valence-corrected chi connectivity index (χ0v) is 43.1. The zero-order chi connectivity index (χ0) is 53.1. The van der Waals surface area contributed by atoms with Crippen LogP contribution < -0.4 is 20.3 Å². The van der Waals surface area contributed by atoms with Crippen LogP contribution in [-0.4, -0.2) is 76.7 Å². The van der Waals surface area contributed by atoms with Crippen LogP contribution >= 0.6 is 27.5 Å². The van der Waals surface area contributed by atoms with Crippen molar-refractivity contribution in [2.24, 2.45) is 5.41 Å². The molecule has 14 nitrogen and oxygen atoms in total. The van der Waals surface area contributed by atoms with Crippen molar-refractivity contribution in [3.05, 3.63) is 164 Å². The van der Waals surface area contributed by atoms with Crippen LogP contribution in [0.15, 0.2) is 120 Å². The van der Waals surface area contributed by atoms with Crippen LogP contribution in [0, 0.1) is 5.41 Å². The molecule has 5 rings (SSSR count). The number of nitrogens with one attached hydrogen (secondary N) is 2. The smallest absolute Gasteiger partial charge is 0.496 e. The molecule has 0 spiro atoms. The molecule has 5 aromatic rings. The van der Waals surface area contributed by atoms with Gasteiger partial charge in [-0.3, -0.25) is 30.0 Å². The number of hydrogen-bond donors (Lipinski definition) is 2. The monoisotopic (exact) mass is 1070 g/mol. The Bertz CT molecular complexity index is 2720. The summed E-state index contributed by atoms with van der Waals surface area (Å²) in [7, 11) is 1.47. The third-order valence-electron chi connectivity index (χ3n) is 9.39. The number of hydrazine groups is 2. The lowest BCUT2D eigenvalue weighted by molar-refractivity contribution is -0.274. The molecule has 0 aliphatic heterocycles. The highest BCUT2D eigenvalue weighted by Gasteiger charge is 2.34. The third kappa shape index (κ3) is 17.5. The summed E-state index contributed by atoms with van der Waals surface area (Å²) in [6.07, 6.45) is -5.00. The van der Waals surface area contributed by atoms with Crippen molar-refractivity contribution < 1.29 is 60.9 Å². The fourth-order valence-corrected chi connectivity index (χ4v) is 6.72. The summed E-state index contributed by atoms with van der Waals surface area (Å²) in [5.74, 6) is -4.08. The Morgan fingerprint density at radius 1 is 0.620 bits per heavy atom. The average Bonchev–Trinajstić information content (AvgIpc) is 3.28. The predicted octanol–water partition coefficient (Wildman–Crippen LogP) is 11.4. The van der Waals surface area contributed by atoms with E-state index in [4.69, 9.17) is 25.8 Å². The van der Waals surface area contributed by atoms with Gasteiger partial charge in [0.25, 0.3) is 23.6 Å². The molecule has 0 unspecified atom stereocenters. The fourth-order valence-electron chi connectivity index (χ4n) is 6.22. The van der Waals surface area contributed by atoms with E-state index in [1.54, 1.807) is 71.9 Å². The molecule has 0 radical (unpaired) electrons. The topological polar surface area (TPSA) is 170 Å². The lowest BCUT2D eigenvalue weighted by Gasteiger charge is -2.35. The number of methoxy groups -OCH3 is 1. The summed E-state index contributed by atoms with van der Waals surface area (Å²) in [6, 6.07) is 29.4. The van der Waals surface area contributed by atoms with Crippen LogP contribution in [0.4, 0.5) is 13.2 Å². The second kappa shape index (κ2) is 23.8. The molecule has 0 saturated heterocycles. The van der Waals surface area contributed by atoms with Crippen LogP contribution in [0.5, 0.6) is 11.5 Å². The lowest BCUT2D eigenvalue weighted by Crippen LogP contribution is -2.56. The molecule has 0 aromatic heterocycles. The fraction of sp³-hybridized carbons (Fsp3) is 0.308. The Morgan fingerprint density at radius 2 is 1.20 bits per heavy atom. The second-order valence-corrected chi connectivity index (χ2v) is 20.2. The van der Waals surface area contributed by atoms with Crippen molar-refractivity contribution in [3.8, 4) is 11.5 Å². The molecule has 0 heterocycles. The summed E-state index contributed by atoms with van der Waals surface area (Å²) in [6.45, 7) is 16.1. The number of halogens is 5. The number of carbonyl (C=O) groups excluding carboxylic acids is 6. The van der Waals surface area contributed by atoms with Crippen LogP contribution in [0.25, 0.3) is 0 Å².